The molecule has 0 aromatic heterocycles. The molecule has 0 spiro atoms. The predicted molar refractivity (Wildman–Crippen MR) is 69.0 cm³/mol. The molecule has 0 atom stereocenters. The Bertz CT molecular complexity index is 591. The maximum absolute atomic E-state index is 11.8. The van der Waals surface area contributed by atoms with Crippen molar-refractivity contribution < 1.29 is 13.5 Å². The van der Waals surface area contributed by atoms with Crippen LogP contribution in [0.1, 0.15) is 19.4 Å². The summed E-state index contributed by atoms with van der Waals surface area (Å²) in [6.07, 6.45) is 0. The summed E-state index contributed by atoms with van der Waals surface area (Å²) in [6, 6.07) is 6.72. The van der Waals surface area contributed by atoms with Gasteiger partial charge in [-0.3, -0.25) is 9.71 Å². The monoisotopic (exact) mass is 268 g/mol. The zero-order chi connectivity index (χ0) is 13.4. The third kappa shape index (κ3) is 2.39. The van der Waals surface area contributed by atoms with Crippen LogP contribution in [0.4, 0.5) is 0 Å². The minimum Gasteiger partial charge on any atom is -0.396 e. The number of aliphatic hydroxyl groups is 1. The van der Waals surface area contributed by atoms with E-state index in [2.05, 4.69) is 9.71 Å². The van der Waals surface area contributed by atoms with Crippen LogP contribution >= 0.6 is 0 Å². The molecular weight excluding hydrogens is 252 g/mol. The number of hydrogen-bond donors (Lipinski definition) is 2. The predicted octanol–water partition coefficient (Wildman–Crippen LogP) is 0.744. The molecule has 1 aromatic carbocycles. The first-order valence-electron chi connectivity index (χ1n) is 5.63. The van der Waals surface area contributed by atoms with Gasteiger partial charge in [-0.2, -0.15) is 0 Å². The van der Waals surface area contributed by atoms with Crippen LogP contribution < -0.4 is 4.72 Å². The third-order valence-corrected chi connectivity index (χ3v) is 4.15. The van der Waals surface area contributed by atoms with Gasteiger partial charge in [0.15, 0.2) is 0 Å². The highest BCUT2D eigenvalue weighted by Crippen LogP contribution is 2.23. The maximum atomic E-state index is 11.8. The standard InChI is InChI=1S/C12H16N2O3S/c1-12(2,8-15)7-13-11-9-5-3-4-6-10(9)18(16,17)14-11/h3-6,15H,7-8H2,1-2H3,(H,13,14). The Hall–Kier alpha value is -1.40. The summed E-state index contributed by atoms with van der Waals surface area (Å²) >= 11 is 0. The lowest BCUT2D eigenvalue weighted by Gasteiger charge is -2.18. The number of sulfonamides is 1. The Morgan fingerprint density at radius 2 is 2.00 bits per heavy atom. The van der Waals surface area contributed by atoms with Crippen molar-refractivity contribution in [2.75, 3.05) is 13.2 Å². The van der Waals surface area contributed by atoms with Crippen molar-refractivity contribution in [3.63, 3.8) is 0 Å². The van der Waals surface area contributed by atoms with Crippen LogP contribution in [-0.4, -0.2) is 32.5 Å². The van der Waals surface area contributed by atoms with Crippen molar-refractivity contribution >= 4 is 15.9 Å². The van der Waals surface area contributed by atoms with E-state index in [-0.39, 0.29) is 16.9 Å². The molecule has 6 heteroatoms. The Morgan fingerprint density at radius 1 is 1.33 bits per heavy atom. The first-order valence-corrected chi connectivity index (χ1v) is 7.12. The number of rotatable bonds is 3. The Labute approximate surface area is 107 Å². The fourth-order valence-corrected chi connectivity index (χ4v) is 2.85. The minimum absolute atomic E-state index is 0.00181. The first kappa shape index (κ1) is 13.0. The summed E-state index contributed by atoms with van der Waals surface area (Å²) in [4.78, 5) is 4.52. The quantitative estimate of drug-likeness (QED) is 0.848. The number of amidine groups is 1. The van der Waals surface area contributed by atoms with Gasteiger partial charge in [-0.15, -0.1) is 0 Å². The molecule has 0 radical (unpaired) electrons. The zero-order valence-electron chi connectivity index (χ0n) is 10.3. The molecule has 18 heavy (non-hydrogen) atoms. The number of nitrogens with one attached hydrogen (secondary N) is 1. The number of benzene rings is 1. The summed E-state index contributed by atoms with van der Waals surface area (Å²) in [7, 11) is -3.47. The van der Waals surface area contributed by atoms with Crippen molar-refractivity contribution in [1.29, 1.82) is 0 Å². The van der Waals surface area contributed by atoms with Crippen LogP contribution in [0.25, 0.3) is 0 Å². The van der Waals surface area contributed by atoms with E-state index in [1.807, 2.05) is 13.8 Å². The number of fused-ring (bicyclic) bond motifs is 1. The van der Waals surface area contributed by atoms with Crippen molar-refractivity contribution in [3.8, 4) is 0 Å². The van der Waals surface area contributed by atoms with Crippen molar-refractivity contribution in [1.82, 2.24) is 4.72 Å². The van der Waals surface area contributed by atoms with Crippen LogP contribution in [0.2, 0.25) is 0 Å². The Kier molecular flexibility index (Phi) is 3.16. The average Bonchev–Trinajstić information content (AvgIpc) is 2.60. The summed E-state index contributed by atoms with van der Waals surface area (Å²) in [6.45, 7) is 4.09. The van der Waals surface area contributed by atoms with Crippen LogP contribution in [0, 0.1) is 5.41 Å². The smallest absolute Gasteiger partial charge is 0.263 e. The topological polar surface area (TPSA) is 78.8 Å². The molecule has 98 valence electrons. The number of aliphatic imine (C=N–C) groups is 1. The first-order chi connectivity index (χ1) is 8.36. The summed E-state index contributed by atoms with van der Waals surface area (Å²) < 4.78 is 26.1. The van der Waals surface area contributed by atoms with Crippen LogP contribution in [0.5, 0.6) is 0 Å². The van der Waals surface area contributed by atoms with Crippen LogP contribution in [0.3, 0.4) is 0 Å². The van der Waals surface area contributed by atoms with Gasteiger partial charge in [0.2, 0.25) is 0 Å². The highest BCUT2D eigenvalue weighted by molar-refractivity contribution is 7.90. The summed E-state index contributed by atoms with van der Waals surface area (Å²) in [5.41, 5.74) is 0.224. The lowest BCUT2D eigenvalue weighted by molar-refractivity contribution is 0.167. The van der Waals surface area contributed by atoms with Crippen molar-refractivity contribution in [2.24, 2.45) is 10.4 Å². The van der Waals surface area contributed by atoms with E-state index in [4.69, 9.17) is 5.11 Å². The van der Waals surface area contributed by atoms with E-state index >= 15 is 0 Å². The van der Waals surface area contributed by atoms with Crippen LogP contribution in [0.15, 0.2) is 34.2 Å². The van der Waals surface area contributed by atoms with E-state index in [9.17, 15) is 8.42 Å². The van der Waals surface area contributed by atoms with Gasteiger partial charge < -0.3 is 5.11 Å². The van der Waals surface area contributed by atoms with Gasteiger partial charge in [0, 0.05) is 24.1 Å². The molecule has 5 nitrogen and oxygen atoms in total. The highest BCUT2D eigenvalue weighted by atomic mass is 32.2. The molecule has 0 amide bonds. The Balaban J connectivity index is 2.37. The molecule has 1 aliphatic rings. The average molecular weight is 268 g/mol. The molecule has 2 rings (SSSR count). The van der Waals surface area contributed by atoms with Crippen LogP contribution in [-0.2, 0) is 10.0 Å². The molecule has 0 unspecified atom stereocenters. The third-order valence-electron chi connectivity index (χ3n) is 2.76. The van der Waals surface area contributed by atoms with E-state index in [1.54, 1.807) is 24.3 Å². The lowest BCUT2D eigenvalue weighted by atomic mass is 9.95. The fourth-order valence-electron chi connectivity index (χ4n) is 1.59. The van der Waals surface area contributed by atoms with Gasteiger partial charge in [-0.05, 0) is 12.1 Å². The highest BCUT2D eigenvalue weighted by Gasteiger charge is 2.30. The molecule has 2 N–H and O–H groups in total. The molecule has 0 fully saturated rings. The second kappa shape index (κ2) is 4.37. The maximum Gasteiger partial charge on any atom is 0.263 e. The van der Waals surface area contributed by atoms with Gasteiger partial charge in [0.05, 0.1) is 4.90 Å². The lowest BCUT2D eigenvalue weighted by Crippen LogP contribution is -2.26. The summed E-state index contributed by atoms with van der Waals surface area (Å²) in [5, 5.41) is 9.16. The SMILES string of the molecule is CC(C)(CO)CN=C1NS(=O)(=O)c2ccccc21. The minimum atomic E-state index is -3.47. The molecule has 0 saturated heterocycles. The molecular formula is C12H16N2O3S. The van der Waals surface area contributed by atoms with E-state index in [0.717, 1.165) is 0 Å². The second-order valence-electron chi connectivity index (χ2n) is 5.09. The Morgan fingerprint density at radius 3 is 2.67 bits per heavy atom. The molecule has 1 aromatic rings. The number of aliphatic hydroxyl groups excluding tert-OH is 1. The molecule has 0 saturated carbocycles. The number of nitrogens with zero attached hydrogens (tertiary/aromatic N) is 1. The van der Waals surface area contributed by atoms with Gasteiger partial charge in [0.1, 0.15) is 5.84 Å². The van der Waals surface area contributed by atoms with Gasteiger partial charge in [0.25, 0.3) is 10.0 Å². The zero-order valence-corrected chi connectivity index (χ0v) is 11.2. The molecule has 1 aliphatic heterocycles. The van der Waals surface area contributed by atoms with Gasteiger partial charge >= 0.3 is 0 Å². The molecule has 1 heterocycles. The second-order valence-corrected chi connectivity index (χ2v) is 6.74. The number of hydrogen-bond acceptors (Lipinski definition) is 4. The molecule has 0 bridgehead atoms. The van der Waals surface area contributed by atoms with E-state index in [1.165, 1.54) is 0 Å². The fraction of sp³-hybridized carbons (Fsp3) is 0.417. The van der Waals surface area contributed by atoms with E-state index < -0.39 is 10.0 Å². The van der Waals surface area contributed by atoms with E-state index in [0.29, 0.717) is 17.9 Å². The largest absolute Gasteiger partial charge is 0.396 e. The van der Waals surface area contributed by atoms with Gasteiger partial charge in [-0.25, -0.2) is 8.42 Å². The summed E-state index contributed by atoms with van der Waals surface area (Å²) in [5.74, 6) is 0.354. The molecule has 0 aliphatic carbocycles. The van der Waals surface area contributed by atoms with Crippen molar-refractivity contribution in [2.45, 2.75) is 18.7 Å². The van der Waals surface area contributed by atoms with Crippen molar-refractivity contribution in [3.05, 3.63) is 29.8 Å². The van der Waals surface area contributed by atoms with Gasteiger partial charge in [-0.1, -0.05) is 26.0 Å². The normalized spacial score (nSPS) is 19.6.